The van der Waals surface area contributed by atoms with Crippen molar-refractivity contribution in [3.8, 4) is 11.5 Å². The van der Waals surface area contributed by atoms with Crippen molar-refractivity contribution < 1.29 is 49.0 Å². The van der Waals surface area contributed by atoms with Crippen LogP contribution in [-0.2, 0) is 6.11 Å². The molecule has 0 spiro atoms. The molecule has 0 N–H and O–H groups in total. The highest BCUT2D eigenvalue weighted by atomic mass is 19.3. The summed E-state index contributed by atoms with van der Waals surface area (Å²) in [6, 6.07) is -0.789. The highest BCUT2D eigenvalue weighted by molar-refractivity contribution is 5.37. The van der Waals surface area contributed by atoms with E-state index in [-0.39, 0.29) is 23.6 Å². The number of alkyl halides is 2. The first kappa shape index (κ1) is 31.1. The summed E-state index contributed by atoms with van der Waals surface area (Å²) < 4.78 is 133. The summed E-state index contributed by atoms with van der Waals surface area (Å²) in [5.41, 5.74) is -1.51. The Morgan fingerprint density at radius 1 is 0.756 bits per heavy atom. The van der Waals surface area contributed by atoms with Gasteiger partial charge in [0.2, 0.25) is 5.75 Å². The average molecular weight is 595 g/mol. The van der Waals surface area contributed by atoms with Crippen LogP contribution in [0.15, 0.2) is 36.4 Å². The van der Waals surface area contributed by atoms with Gasteiger partial charge in [0.1, 0.15) is 22.9 Å². The Kier molecular flexibility index (Phi) is 9.85. The lowest BCUT2D eigenvalue weighted by atomic mass is 9.68. The number of halogens is 9. The van der Waals surface area contributed by atoms with Crippen molar-refractivity contribution in [3.63, 3.8) is 0 Å². The summed E-state index contributed by atoms with van der Waals surface area (Å²) in [4.78, 5) is 0. The minimum Gasteiger partial charge on any atom is -0.429 e. The molecule has 0 saturated heterocycles. The Morgan fingerprint density at radius 3 is 1.76 bits per heavy atom. The van der Waals surface area contributed by atoms with E-state index in [0.717, 1.165) is 30.9 Å². The number of hydrogen-bond donors (Lipinski definition) is 0. The van der Waals surface area contributed by atoms with Crippen LogP contribution in [0.1, 0.15) is 88.2 Å². The van der Waals surface area contributed by atoms with Crippen LogP contribution in [0, 0.1) is 41.0 Å². The fourth-order valence-corrected chi connectivity index (χ4v) is 6.41. The molecular formula is C30H31F9O2. The van der Waals surface area contributed by atoms with Crippen LogP contribution < -0.4 is 9.47 Å². The third kappa shape index (κ3) is 7.33. The molecule has 226 valence electrons. The number of hydrogen-bond acceptors (Lipinski definition) is 2. The molecule has 0 unspecified atom stereocenters. The molecule has 0 aliphatic heterocycles. The van der Waals surface area contributed by atoms with Gasteiger partial charge in [-0.25, -0.2) is 17.6 Å². The molecule has 11 heteroatoms. The summed E-state index contributed by atoms with van der Waals surface area (Å²) in [5.74, 6) is -8.02. The molecule has 2 saturated carbocycles. The highest BCUT2D eigenvalue weighted by Crippen LogP contribution is 2.45. The summed E-state index contributed by atoms with van der Waals surface area (Å²) in [7, 11) is 0. The van der Waals surface area contributed by atoms with Crippen molar-refractivity contribution in [2.24, 2.45) is 17.8 Å². The standard InChI is InChI=1S/C30H31F9O2/c1-2-3-16-4-6-17(7-5-16)18-8-10-19(11-9-18)20-12-22(31)26(23(32)13-20)30(38,39)41-21-14-24(33)27(25(34)15-21)40-29(37)28(35)36/h12-19H,2-11H2,1H3. The van der Waals surface area contributed by atoms with Gasteiger partial charge in [-0.05, 0) is 79.9 Å². The van der Waals surface area contributed by atoms with Crippen LogP contribution >= 0.6 is 0 Å². The third-order valence-corrected chi connectivity index (χ3v) is 8.41. The van der Waals surface area contributed by atoms with E-state index in [4.69, 9.17) is 0 Å². The third-order valence-electron chi connectivity index (χ3n) is 8.41. The van der Waals surface area contributed by atoms with Crippen molar-refractivity contribution >= 4 is 0 Å². The molecule has 41 heavy (non-hydrogen) atoms. The van der Waals surface area contributed by atoms with E-state index in [1.54, 1.807) is 0 Å². The lowest BCUT2D eigenvalue weighted by Crippen LogP contribution is -2.27. The summed E-state index contributed by atoms with van der Waals surface area (Å²) >= 11 is 0. The minimum absolute atomic E-state index is 0.0780. The summed E-state index contributed by atoms with van der Waals surface area (Å²) in [5, 5.41) is 0. The zero-order valence-corrected chi connectivity index (χ0v) is 22.4. The minimum atomic E-state index is -4.71. The Labute approximate surface area is 232 Å². The van der Waals surface area contributed by atoms with E-state index in [1.165, 1.54) is 38.5 Å². The normalized spacial score (nSPS) is 23.3. The maximum atomic E-state index is 14.9. The van der Waals surface area contributed by atoms with E-state index in [2.05, 4.69) is 16.4 Å². The maximum Gasteiger partial charge on any atom is 0.432 e. The Balaban J connectivity index is 1.43. The first-order chi connectivity index (χ1) is 19.4. The maximum absolute atomic E-state index is 14.9. The molecule has 0 radical (unpaired) electrons. The van der Waals surface area contributed by atoms with Crippen LogP contribution in [0.2, 0.25) is 0 Å². The zero-order valence-electron chi connectivity index (χ0n) is 22.4. The van der Waals surface area contributed by atoms with Gasteiger partial charge in [0.15, 0.2) is 11.6 Å². The predicted octanol–water partition coefficient (Wildman–Crippen LogP) is 10.7. The smallest absolute Gasteiger partial charge is 0.429 e. The molecule has 2 aliphatic carbocycles. The molecule has 4 rings (SSSR count). The van der Waals surface area contributed by atoms with Gasteiger partial charge in [0.25, 0.3) is 0 Å². The second kappa shape index (κ2) is 13.0. The van der Waals surface area contributed by atoms with Crippen LogP contribution in [-0.4, -0.2) is 0 Å². The first-order valence-corrected chi connectivity index (χ1v) is 13.8. The predicted molar refractivity (Wildman–Crippen MR) is 133 cm³/mol. The molecule has 0 heterocycles. The fourth-order valence-electron chi connectivity index (χ4n) is 6.41. The van der Waals surface area contributed by atoms with Crippen molar-refractivity contribution in [1.29, 1.82) is 0 Å². The largest absolute Gasteiger partial charge is 0.432 e. The molecule has 0 bridgehead atoms. The van der Waals surface area contributed by atoms with Gasteiger partial charge in [0, 0.05) is 12.1 Å². The first-order valence-electron chi connectivity index (χ1n) is 13.8. The molecule has 2 fully saturated rings. The van der Waals surface area contributed by atoms with Crippen LogP contribution in [0.3, 0.4) is 0 Å². The Bertz CT molecular complexity index is 1200. The molecule has 2 nitrogen and oxygen atoms in total. The van der Waals surface area contributed by atoms with Crippen LogP contribution in [0.5, 0.6) is 11.5 Å². The summed E-state index contributed by atoms with van der Waals surface area (Å²) in [6.07, 6.45) is 2.74. The quantitative estimate of drug-likeness (QED) is 0.212. The van der Waals surface area contributed by atoms with Gasteiger partial charge in [-0.3, -0.25) is 0 Å². The fraction of sp³-hybridized carbons (Fsp3) is 0.533. The van der Waals surface area contributed by atoms with E-state index < -0.39 is 58.5 Å². The number of ether oxygens (including phenoxy) is 2. The van der Waals surface area contributed by atoms with E-state index in [9.17, 15) is 39.5 Å². The molecule has 0 atom stereocenters. The topological polar surface area (TPSA) is 18.5 Å². The van der Waals surface area contributed by atoms with Gasteiger partial charge in [-0.1, -0.05) is 32.6 Å². The highest BCUT2D eigenvalue weighted by Gasteiger charge is 2.42. The second-order valence-corrected chi connectivity index (χ2v) is 11.0. The van der Waals surface area contributed by atoms with Gasteiger partial charge < -0.3 is 9.47 Å². The van der Waals surface area contributed by atoms with Crippen LogP contribution in [0.25, 0.3) is 0 Å². The van der Waals surface area contributed by atoms with Crippen LogP contribution in [0.4, 0.5) is 39.5 Å². The Morgan fingerprint density at radius 2 is 1.27 bits per heavy atom. The molecule has 0 aromatic heterocycles. The molecule has 2 aliphatic rings. The molecule has 2 aromatic rings. The second-order valence-electron chi connectivity index (χ2n) is 11.0. The van der Waals surface area contributed by atoms with Crippen molar-refractivity contribution in [2.75, 3.05) is 0 Å². The lowest BCUT2D eigenvalue weighted by Gasteiger charge is -2.38. The zero-order chi connectivity index (χ0) is 29.9. The van der Waals surface area contributed by atoms with Crippen molar-refractivity contribution in [2.45, 2.75) is 83.2 Å². The average Bonchev–Trinajstić information content (AvgIpc) is 2.90. The summed E-state index contributed by atoms with van der Waals surface area (Å²) in [6.45, 7) is 2.20. The molecule has 0 amide bonds. The lowest BCUT2D eigenvalue weighted by molar-refractivity contribution is -0.189. The SMILES string of the molecule is CCCC1CCC(C2CCC(c3cc(F)c(C(F)(F)Oc4cc(F)c(OC(F)=C(F)F)c(F)c4)c(F)c3)CC2)CC1. The van der Waals surface area contributed by atoms with E-state index >= 15 is 0 Å². The van der Waals surface area contributed by atoms with E-state index in [0.29, 0.717) is 24.7 Å². The monoisotopic (exact) mass is 594 g/mol. The van der Waals surface area contributed by atoms with Gasteiger partial charge in [0.05, 0.1) is 0 Å². The van der Waals surface area contributed by atoms with Gasteiger partial charge >= 0.3 is 18.2 Å². The van der Waals surface area contributed by atoms with Crippen molar-refractivity contribution in [3.05, 3.63) is 70.8 Å². The van der Waals surface area contributed by atoms with Crippen molar-refractivity contribution in [1.82, 2.24) is 0 Å². The van der Waals surface area contributed by atoms with E-state index in [1.807, 2.05) is 0 Å². The molecule has 2 aromatic carbocycles. The van der Waals surface area contributed by atoms with Gasteiger partial charge in [-0.2, -0.15) is 22.0 Å². The number of benzene rings is 2. The molecular weight excluding hydrogens is 563 g/mol. The number of rotatable bonds is 9. The van der Waals surface area contributed by atoms with Gasteiger partial charge in [-0.15, -0.1) is 0 Å². The Hall–Kier alpha value is -2.85.